The van der Waals surface area contributed by atoms with Crippen LogP contribution < -0.4 is 9.64 Å². The van der Waals surface area contributed by atoms with Gasteiger partial charge in [-0.2, -0.15) is 5.10 Å². The molecule has 8 nitrogen and oxygen atoms in total. The lowest BCUT2D eigenvalue weighted by Crippen LogP contribution is -2.49. The summed E-state index contributed by atoms with van der Waals surface area (Å²) in [6, 6.07) is 15.3. The van der Waals surface area contributed by atoms with Gasteiger partial charge in [-0.15, -0.1) is 0 Å². The molecule has 168 valence electrons. The van der Waals surface area contributed by atoms with E-state index in [1.807, 2.05) is 53.4 Å². The summed E-state index contributed by atoms with van der Waals surface area (Å²) >= 11 is 6.15. The zero-order chi connectivity index (χ0) is 22.8. The van der Waals surface area contributed by atoms with Crippen molar-refractivity contribution >= 4 is 34.2 Å². The van der Waals surface area contributed by atoms with Gasteiger partial charge in [-0.25, -0.2) is 9.67 Å². The summed E-state index contributed by atoms with van der Waals surface area (Å²) in [5, 5.41) is 6.16. The molecule has 0 bridgehead atoms. The highest BCUT2D eigenvalue weighted by atomic mass is 35.5. The third-order valence-corrected chi connectivity index (χ3v) is 6.14. The van der Waals surface area contributed by atoms with Crippen LogP contribution in [0, 0.1) is 0 Å². The van der Waals surface area contributed by atoms with Gasteiger partial charge in [0, 0.05) is 55.7 Å². The number of halogens is 1. The summed E-state index contributed by atoms with van der Waals surface area (Å²) in [6.45, 7) is 2.85. The molecule has 1 fully saturated rings. The number of piperazine rings is 1. The van der Waals surface area contributed by atoms with Crippen LogP contribution in [0.2, 0.25) is 5.02 Å². The van der Waals surface area contributed by atoms with Gasteiger partial charge in [-0.3, -0.25) is 9.78 Å². The fraction of sp³-hybridized carbons (Fsp3) is 0.250. The molecule has 0 spiro atoms. The first kappa shape index (κ1) is 21.2. The van der Waals surface area contributed by atoms with Gasteiger partial charge >= 0.3 is 0 Å². The highest BCUT2D eigenvalue weighted by Crippen LogP contribution is 2.30. The number of aromatic nitrogens is 4. The van der Waals surface area contributed by atoms with Crippen LogP contribution in [-0.2, 0) is 11.3 Å². The van der Waals surface area contributed by atoms with E-state index in [0.29, 0.717) is 29.5 Å². The molecule has 1 saturated heterocycles. The highest BCUT2D eigenvalue weighted by Gasteiger charge is 2.24. The molecule has 1 aliphatic heterocycles. The van der Waals surface area contributed by atoms with Crippen LogP contribution in [0.3, 0.4) is 0 Å². The summed E-state index contributed by atoms with van der Waals surface area (Å²) in [5.41, 5.74) is 3.20. The number of methoxy groups -OCH3 is 1. The van der Waals surface area contributed by atoms with Crippen molar-refractivity contribution < 1.29 is 9.53 Å². The van der Waals surface area contributed by atoms with Crippen molar-refractivity contribution in [2.75, 3.05) is 38.2 Å². The number of carbonyl (C=O) groups is 1. The Morgan fingerprint density at radius 3 is 2.61 bits per heavy atom. The maximum absolute atomic E-state index is 13.1. The molecule has 4 heterocycles. The van der Waals surface area contributed by atoms with E-state index in [-0.39, 0.29) is 12.5 Å². The van der Waals surface area contributed by atoms with Gasteiger partial charge in [-0.1, -0.05) is 17.7 Å². The number of ether oxygens (including phenoxy) is 1. The second-order valence-corrected chi connectivity index (χ2v) is 8.19. The predicted molar refractivity (Wildman–Crippen MR) is 128 cm³/mol. The molecule has 5 rings (SSSR count). The molecular formula is C24H23ClN6O2. The molecule has 0 unspecified atom stereocenters. The SMILES string of the molecule is COc1cc(N2CCN(C(=O)Cn3nc(-c4ccccn4)c4cccnc43)CC2)ccc1Cl. The summed E-state index contributed by atoms with van der Waals surface area (Å²) < 4.78 is 7.01. The number of hydrogen-bond acceptors (Lipinski definition) is 6. The average molecular weight is 463 g/mol. The molecule has 0 radical (unpaired) electrons. The van der Waals surface area contributed by atoms with E-state index in [1.165, 1.54) is 0 Å². The number of carbonyl (C=O) groups excluding carboxylic acids is 1. The van der Waals surface area contributed by atoms with Gasteiger partial charge in [0.05, 0.1) is 17.8 Å². The average Bonchev–Trinajstić information content (AvgIpc) is 3.23. The summed E-state index contributed by atoms with van der Waals surface area (Å²) in [6.07, 6.45) is 3.45. The standard InChI is InChI=1S/C24H23ClN6O2/c1-33-21-15-17(7-8-19(21)25)29-11-13-30(14-12-29)22(32)16-31-24-18(5-4-10-27-24)23(28-31)20-6-2-3-9-26-20/h2-10,15H,11-14,16H2,1H3. The first-order chi connectivity index (χ1) is 16.1. The first-order valence-corrected chi connectivity index (χ1v) is 11.1. The molecule has 9 heteroatoms. The molecule has 0 saturated carbocycles. The molecule has 1 aromatic carbocycles. The van der Waals surface area contributed by atoms with Crippen LogP contribution in [0.25, 0.3) is 22.4 Å². The molecule has 3 aromatic heterocycles. The Balaban J connectivity index is 1.30. The fourth-order valence-electron chi connectivity index (χ4n) is 4.10. The fourth-order valence-corrected chi connectivity index (χ4v) is 4.29. The molecule has 1 amide bonds. The number of amides is 1. The second kappa shape index (κ2) is 9.07. The van der Waals surface area contributed by atoms with Gasteiger partial charge in [0.2, 0.25) is 5.91 Å². The minimum absolute atomic E-state index is 0.0194. The minimum atomic E-state index is 0.0194. The van der Waals surface area contributed by atoms with Gasteiger partial charge in [0.25, 0.3) is 0 Å². The predicted octanol–water partition coefficient (Wildman–Crippen LogP) is 3.50. The van der Waals surface area contributed by atoms with Crippen molar-refractivity contribution in [3.8, 4) is 17.1 Å². The molecular weight excluding hydrogens is 440 g/mol. The topological polar surface area (TPSA) is 76.4 Å². The Morgan fingerprint density at radius 1 is 1.03 bits per heavy atom. The molecule has 1 aliphatic rings. The lowest BCUT2D eigenvalue weighted by molar-refractivity contribution is -0.132. The molecule has 0 aliphatic carbocycles. The zero-order valence-corrected chi connectivity index (χ0v) is 18.9. The quantitative estimate of drug-likeness (QED) is 0.452. The lowest BCUT2D eigenvalue weighted by Gasteiger charge is -2.36. The number of pyridine rings is 2. The number of anilines is 1. The van der Waals surface area contributed by atoms with E-state index in [9.17, 15) is 4.79 Å². The Labute approximate surface area is 196 Å². The maximum atomic E-state index is 13.1. The van der Waals surface area contributed by atoms with E-state index in [1.54, 1.807) is 24.2 Å². The third-order valence-electron chi connectivity index (χ3n) is 5.83. The summed E-state index contributed by atoms with van der Waals surface area (Å²) in [4.78, 5) is 26.1. The summed E-state index contributed by atoms with van der Waals surface area (Å²) in [5.74, 6) is 0.667. The maximum Gasteiger partial charge on any atom is 0.244 e. The van der Waals surface area contributed by atoms with Crippen LogP contribution in [0.5, 0.6) is 5.75 Å². The Morgan fingerprint density at radius 2 is 1.85 bits per heavy atom. The van der Waals surface area contributed by atoms with Crippen molar-refractivity contribution in [1.82, 2.24) is 24.6 Å². The van der Waals surface area contributed by atoms with Crippen molar-refractivity contribution in [3.63, 3.8) is 0 Å². The van der Waals surface area contributed by atoms with Gasteiger partial charge in [0.1, 0.15) is 18.0 Å². The van der Waals surface area contributed by atoms with E-state index >= 15 is 0 Å². The Kier molecular flexibility index (Phi) is 5.83. The van der Waals surface area contributed by atoms with E-state index < -0.39 is 0 Å². The molecule has 0 atom stereocenters. The van der Waals surface area contributed by atoms with E-state index in [4.69, 9.17) is 21.4 Å². The molecule has 0 N–H and O–H groups in total. The van der Waals surface area contributed by atoms with Crippen LogP contribution in [0.4, 0.5) is 5.69 Å². The summed E-state index contributed by atoms with van der Waals surface area (Å²) in [7, 11) is 1.61. The van der Waals surface area contributed by atoms with Crippen LogP contribution in [0.15, 0.2) is 60.9 Å². The number of benzene rings is 1. The monoisotopic (exact) mass is 462 g/mol. The Hall–Kier alpha value is -3.65. The largest absolute Gasteiger partial charge is 0.495 e. The number of hydrogen-bond donors (Lipinski definition) is 0. The number of nitrogens with zero attached hydrogens (tertiary/aromatic N) is 6. The van der Waals surface area contributed by atoms with Gasteiger partial charge < -0.3 is 14.5 Å². The van der Waals surface area contributed by atoms with Crippen LogP contribution >= 0.6 is 11.6 Å². The van der Waals surface area contributed by atoms with Crippen LogP contribution in [0.1, 0.15) is 0 Å². The Bertz CT molecular complexity index is 1280. The van der Waals surface area contributed by atoms with E-state index in [2.05, 4.69) is 14.9 Å². The minimum Gasteiger partial charge on any atom is -0.495 e. The van der Waals surface area contributed by atoms with Crippen molar-refractivity contribution in [2.45, 2.75) is 6.54 Å². The second-order valence-electron chi connectivity index (χ2n) is 7.78. The van der Waals surface area contributed by atoms with Crippen LogP contribution in [-0.4, -0.2) is 63.8 Å². The third kappa shape index (κ3) is 4.21. The smallest absolute Gasteiger partial charge is 0.244 e. The van der Waals surface area contributed by atoms with Gasteiger partial charge in [0.15, 0.2) is 5.65 Å². The molecule has 33 heavy (non-hydrogen) atoms. The van der Waals surface area contributed by atoms with Gasteiger partial charge in [-0.05, 0) is 36.4 Å². The lowest BCUT2D eigenvalue weighted by atomic mass is 10.2. The van der Waals surface area contributed by atoms with Crippen molar-refractivity contribution in [2.24, 2.45) is 0 Å². The normalized spacial score (nSPS) is 14.0. The van der Waals surface area contributed by atoms with Crippen molar-refractivity contribution in [1.29, 1.82) is 0 Å². The first-order valence-electron chi connectivity index (χ1n) is 10.7. The zero-order valence-electron chi connectivity index (χ0n) is 18.2. The molecule has 4 aromatic rings. The number of fused-ring (bicyclic) bond motifs is 1. The van der Waals surface area contributed by atoms with E-state index in [0.717, 1.165) is 35.6 Å². The highest BCUT2D eigenvalue weighted by molar-refractivity contribution is 6.32. The number of rotatable bonds is 5. The van der Waals surface area contributed by atoms with Crippen molar-refractivity contribution in [3.05, 3.63) is 65.9 Å².